The van der Waals surface area contributed by atoms with Gasteiger partial charge in [0.15, 0.2) is 0 Å². The molecule has 96 valence electrons. The van der Waals surface area contributed by atoms with Gasteiger partial charge in [0, 0.05) is 25.7 Å². The third kappa shape index (κ3) is 3.41. The van der Waals surface area contributed by atoms with E-state index in [1.54, 1.807) is 0 Å². The first-order valence-corrected chi connectivity index (χ1v) is 7.34. The number of nitrogens with zero attached hydrogens (tertiary/aromatic N) is 1. The van der Waals surface area contributed by atoms with E-state index in [0.29, 0.717) is 13.1 Å². The van der Waals surface area contributed by atoms with Gasteiger partial charge in [0.1, 0.15) is 0 Å². The zero-order valence-electron chi connectivity index (χ0n) is 10.3. The standard InChI is InChI=1S/C10H22N2O3S/c1-4-12(5-2)16(13,14)11-9(3)10-7-6-8-15-10/h9-11H,4-8H2,1-3H3/t9-,10+/m0/s1. The lowest BCUT2D eigenvalue weighted by Gasteiger charge is -2.24. The summed E-state index contributed by atoms with van der Waals surface area (Å²) in [6.07, 6.45) is 1.97. The fraction of sp³-hybridized carbons (Fsp3) is 1.00. The Morgan fingerprint density at radius 2 is 2.06 bits per heavy atom. The van der Waals surface area contributed by atoms with Crippen LogP contribution in [0.15, 0.2) is 0 Å². The van der Waals surface area contributed by atoms with E-state index in [4.69, 9.17) is 4.74 Å². The lowest BCUT2D eigenvalue weighted by molar-refractivity contribution is 0.0897. The summed E-state index contributed by atoms with van der Waals surface area (Å²) in [7, 11) is -3.36. The molecule has 0 aliphatic carbocycles. The summed E-state index contributed by atoms with van der Waals surface area (Å²) < 4.78 is 33.4. The van der Waals surface area contributed by atoms with Crippen LogP contribution in [-0.4, -0.2) is 44.6 Å². The third-order valence-electron chi connectivity index (χ3n) is 2.90. The number of rotatable bonds is 6. The average Bonchev–Trinajstić information content (AvgIpc) is 2.70. The fourth-order valence-electron chi connectivity index (χ4n) is 1.95. The van der Waals surface area contributed by atoms with Crippen LogP contribution in [0.3, 0.4) is 0 Å². The predicted octanol–water partition coefficient (Wildman–Crippen LogP) is 0.730. The van der Waals surface area contributed by atoms with Crippen molar-refractivity contribution in [1.82, 2.24) is 9.03 Å². The molecule has 1 N–H and O–H groups in total. The second-order valence-corrected chi connectivity index (χ2v) is 5.75. The van der Waals surface area contributed by atoms with Crippen LogP contribution in [0.1, 0.15) is 33.6 Å². The molecular weight excluding hydrogens is 228 g/mol. The summed E-state index contributed by atoms with van der Waals surface area (Å²) in [6.45, 7) is 7.24. The highest BCUT2D eigenvalue weighted by atomic mass is 32.2. The molecule has 1 rings (SSSR count). The molecule has 0 spiro atoms. The molecule has 0 radical (unpaired) electrons. The van der Waals surface area contributed by atoms with Crippen LogP contribution in [-0.2, 0) is 14.9 Å². The second kappa shape index (κ2) is 5.95. The van der Waals surface area contributed by atoms with E-state index in [0.717, 1.165) is 19.4 Å². The summed E-state index contributed by atoms with van der Waals surface area (Å²) in [5, 5.41) is 0. The monoisotopic (exact) mass is 250 g/mol. The smallest absolute Gasteiger partial charge is 0.279 e. The zero-order chi connectivity index (χ0) is 12.2. The molecule has 0 unspecified atom stereocenters. The highest BCUT2D eigenvalue weighted by Gasteiger charge is 2.28. The molecule has 16 heavy (non-hydrogen) atoms. The molecule has 0 amide bonds. The van der Waals surface area contributed by atoms with Gasteiger partial charge < -0.3 is 4.74 Å². The molecule has 6 heteroatoms. The Bertz CT molecular complexity index is 295. The molecule has 2 atom stereocenters. The molecule has 0 aromatic carbocycles. The van der Waals surface area contributed by atoms with E-state index < -0.39 is 10.2 Å². The van der Waals surface area contributed by atoms with Crippen LogP contribution in [0.25, 0.3) is 0 Å². The van der Waals surface area contributed by atoms with Gasteiger partial charge in [0.2, 0.25) is 0 Å². The highest BCUT2D eigenvalue weighted by Crippen LogP contribution is 2.16. The van der Waals surface area contributed by atoms with Crippen LogP contribution in [0.2, 0.25) is 0 Å². The SMILES string of the molecule is CCN(CC)S(=O)(=O)N[C@@H](C)[C@H]1CCCO1. The van der Waals surface area contributed by atoms with Crippen LogP contribution >= 0.6 is 0 Å². The lowest BCUT2D eigenvalue weighted by Crippen LogP contribution is -2.48. The first-order valence-electron chi connectivity index (χ1n) is 5.90. The topological polar surface area (TPSA) is 58.6 Å². The number of hydrogen-bond acceptors (Lipinski definition) is 3. The van der Waals surface area contributed by atoms with Crippen molar-refractivity contribution in [1.29, 1.82) is 0 Å². The minimum atomic E-state index is -3.36. The Morgan fingerprint density at radius 1 is 1.44 bits per heavy atom. The average molecular weight is 250 g/mol. The van der Waals surface area contributed by atoms with E-state index in [1.165, 1.54) is 4.31 Å². The first kappa shape index (κ1) is 13.9. The minimum Gasteiger partial charge on any atom is -0.377 e. The van der Waals surface area contributed by atoms with Crippen molar-refractivity contribution in [3.63, 3.8) is 0 Å². The van der Waals surface area contributed by atoms with Gasteiger partial charge in [-0.1, -0.05) is 13.8 Å². The number of nitrogens with one attached hydrogen (secondary N) is 1. The van der Waals surface area contributed by atoms with Crippen molar-refractivity contribution in [3.8, 4) is 0 Å². The maximum absolute atomic E-state index is 11.9. The maximum atomic E-state index is 11.9. The van der Waals surface area contributed by atoms with E-state index in [1.807, 2.05) is 20.8 Å². The summed E-state index contributed by atoms with van der Waals surface area (Å²) in [6, 6.07) is -0.159. The minimum absolute atomic E-state index is 0.0188. The lowest BCUT2D eigenvalue weighted by atomic mass is 10.1. The van der Waals surface area contributed by atoms with Gasteiger partial charge in [0.05, 0.1) is 6.10 Å². The molecule has 1 fully saturated rings. The Labute approximate surface area is 98.3 Å². The van der Waals surface area contributed by atoms with Gasteiger partial charge in [-0.25, -0.2) is 0 Å². The van der Waals surface area contributed by atoms with E-state index in [2.05, 4.69) is 4.72 Å². The van der Waals surface area contributed by atoms with E-state index in [9.17, 15) is 8.42 Å². The Morgan fingerprint density at radius 3 is 2.50 bits per heavy atom. The van der Waals surface area contributed by atoms with Gasteiger partial charge in [-0.3, -0.25) is 0 Å². The van der Waals surface area contributed by atoms with Crippen LogP contribution in [0, 0.1) is 0 Å². The number of hydrogen-bond donors (Lipinski definition) is 1. The van der Waals surface area contributed by atoms with Crippen LogP contribution < -0.4 is 4.72 Å². The molecule has 0 bridgehead atoms. The molecule has 1 aliphatic rings. The normalized spacial score (nSPS) is 23.9. The van der Waals surface area contributed by atoms with E-state index >= 15 is 0 Å². The van der Waals surface area contributed by atoms with Crippen LogP contribution in [0.5, 0.6) is 0 Å². The van der Waals surface area contributed by atoms with Crippen molar-refractivity contribution >= 4 is 10.2 Å². The Hall–Kier alpha value is -0.170. The van der Waals surface area contributed by atoms with Crippen molar-refractivity contribution in [2.45, 2.75) is 45.8 Å². The Balaban J connectivity index is 2.57. The molecule has 1 saturated heterocycles. The van der Waals surface area contributed by atoms with E-state index in [-0.39, 0.29) is 12.1 Å². The summed E-state index contributed by atoms with van der Waals surface area (Å²) >= 11 is 0. The van der Waals surface area contributed by atoms with Crippen molar-refractivity contribution in [2.75, 3.05) is 19.7 Å². The van der Waals surface area contributed by atoms with Gasteiger partial charge in [-0.2, -0.15) is 17.4 Å². The summed E-state index contributed by atoms with van der Waals surface area (Å²) in [4.78, 5) is 0. The summed E-state index contributed by atoms with van der Waals surface area (Å²) in [5.41, 5.74) is 0. The van der Waals surface area contributed by atoms with Crippen LogP contribution in [0.4, 0.5) is 0 Å². The molecular formula is C10H22N2O3S. The van der Waals surface area contributed by atoms with Crippen molar-refractivity contribution < 1.29 is 13.2 Å². The third-order valence-corrected chi connectivity index (χ3v) is 4.77. The quantitative estimate of drug-likeness (QED) is 0.756. The zero-order valence-corrected chi connectivity index (χ0v) is 11.1. The molecule has 0 saturated carbocycles. The van der Waals surface area contributed by atoms with Gasteiger partial charge >= 0.3 is 0 Å². The maximum Gasteiger partial charge on any atom is 0.279 e. The van der Waals surface area contributed by atoms with Gasteiger partial charge in [-0.05, 0) is 19.8 Å². The van der Waals surface area contributed by atoms with Gasteiger partial charge in [-0.15, -0.1) is 0 Å². The number of ether oxygens (including phenoxy) is 1. The molecule has 0 aromatic heterocycles. The first-order chi connectivity index (χ1) is 7.51. The van der Waals surface area contributed by atoms with Gasteiger partial charge in [0.25, 0.3) is 10.2 Å². The van der Waals surface area contributed by atoms with Crippen molar-refractivity contribution in [2.24, 2.45) is 0 Å². The molecule has 5 nitrogen and oxygen atoms in total. The highest BCUT2D eigenvalue weighted by molar-refractivity contribution is 7.87. The molecule has 0 aromatic rings. The van der Waals surface area contributed by atoms with Crippen molar-refractivity contribution in [3.05, 3.63) is 0 Å². The second-order valence-electron chi connectivity index (χ2n) is 4.05. The molecule has 1 heterocycles. The summed E-state index contributed by atoms with van der Waals surface area (Å²) in [5.74, 6) is 0. The largest absolute Gasteiger partial charge is 0.377 e. The molecule has 1 aliphatic heterocycles. The predicted molar refractivity (Wildman–Crippen MR) is 63.4 cm³/mol. The Kier molecular flexibility index (Phi) is 5.17. The fourth-order valence-corrected chi connectivity index (χ4v) is 3.40.